The maximum atomic E-state index is 6.25. The summed E-state index contributed by atoms with van der Waals surface area (Å²) in [6, 6.07) is 15.6. The predicted octanol–water partition coefficient (Wildman–Crippen LogP) is 5.62. The number of aromatic nitrogens is 2. The Kier molecular flexibility index (Phi) is 6.09. The van der Waals surface area contributed by atoms with E-state index < -0.39 is 0 Å². The molecule has 0 aliphatic rings. The zero-order valence-corrected chi connectivity index (χ0v) is 17.6. The van der Waals surface area contributed by atoms with Crippen molar-refractivity contribution in [1.82, 2.24) is 15.3 Å². The highest BCUT2D eigenvalue weighted by atomic mass is 35.5. The van der Waals surface area contributed by atoms with Crippen LogP contribution in [0, 0.1) is 0 Å². The fourth-order valence-corrected chi connectivity index (χ4v) is 3.92. The number of hydrogen-bond donors (Lipinski definition) is 3. The molecule has 0 bridgehead atoms. The van der Waals surface area contributed by atoms with Crippen molar-refractivity contribution in [2.24, 2.45) is 0 Å². The van der Waals surface area contributed by atoms with Crippen molar-refractivity contribution in [3.05, 3.63) is 64.3 Å². The summed E-state index contributed by atoms with van der Waals surface area (Å²) in [5.74, 6) is 1.65. The number of benzene rings is 2. The average molecular weight is 429 g/mol. The van der Waals surface area contributed by atoms with Gasteiger partial charge in [-0.05, 0) is 43.3 Å². The zero-order valence-electron chi connectivity index (χ0n) is 16.1. The van der Waals surface area contributed by atoms with Crippen LogP contribution in [0.5, 0.6) is 5.75 Å². The summed E-state index contributed by atoms with van der Waals surface area (Å²) < 4.78 is 5.49. The third-order valence-electron chi connectivity index (χ3n) is 4.76. The summed E-state index contributed by atoms with van der Waals surface area (Å²) in [7, 11) is 1.68. The molecule has 0 unspecified atom stereocenters. The van der Waals surface area contributed by atoms with Gasteiger partial charge in [-0.25, -0.2) is 4.98 Å². The number of fused-ring (bicyclic) bond motifs is 2. The van der Waals surface area contributed by atoms with Crippen molar-refractivity contribution in [1.29, 1.82) is 0 Å². The lowest BCUT2D eigenvalue weighted by Crippen LogP contribution is -2.18. The molecule has 4 aromatic rings. The molecule has 0 saturated heterocycles. The molecule has 0 saturated carbocycles. The van der Waals surface area contributed by atoms with E-state index in [-0.39, 0.29) is 0 Å². The van der Waals surface area contributed by atoms with Gasteiger partial charge < -0.3 is 20.4 Å². The highest BCUT2D eigenvalue weighted by Crippen LogP contribution is 2.28. The van der Waals surface area contributed by atoms with Gasteiger partial charge in [0, 0.05) is 46.2 Å². The van der Waals surface area contributed by atoms with Crippen LogP contribution in [0.1, 0.15) is 12.1 Å². The van der Waals surface area contributed by atoms with Crippen LogP contribution in [0.2, 0.25) is 10.0 Å². The first-order valence-electron chi connectivity index (χ1n) is 9.49. The summed E-state index contributed by atoms with van der Waals surface area (Å²) in [5.41, 5.74) is 2.96. The lowest BCUT2D eigenvalue weighted by Gasteiger charge is -2.10. The predicted molar refractivity (Wildman–Crippen MR) is 121 cm³/mol. The molecule has 0 amide bonds. The van der Waals surface area contributed by atoms with Crippen LogP contribution in [0.4, 0.5) is 5.82 Å². The lowest BCUT2D eigenvalue weighted by molar-refractivity contribution is 0.419. The van der Waals surface area contributed by atoms with Gasteiger partial charge in [0.15, 0.2) is 0 Å². The molecule has 29 heavy (non-hydrogen) atoms. The second-order valence-corrected chi connectivity index (χ2v) is 7.67. The number of nitrogens with one attached hydrogen (secondary N) is 3. The van der Waals surface area contributed by atoms with Gasteiger partial charge in [-0.15, -0.1) is 0 Å². The summed E-state index contributed by atoms with van der Waals surface area (Å²) in [5, 5.41) is 10.1. The molecule has 150 valence electrons. The van der Waals surface area contributed by atoms with Crippen LogP contribution in [0.3, 0.4) is 0 Å². The molecule has 0 aliphatic heterocycles. The Hall–Kier alpha value is -2.47. The number of aromatic amines is 1. The van der Waals surface area contributed by atoms with E-state index in [4.69, 9.17) is 27.9 Å². The van der Waals surface area contributed by atoms with E-state index in [2.05, 4.69) is 26.7 Å². The maximum absolute atomic E-state index is 6.25. The van der Waals surface area contributed by atoms with E-state index in [1.807, 2.05) is 36.4 Å². The van der Waals surface area contributed by atoms with Gasteiger partial charge >= 0.3 is 0 Å². The topological polar surface area (TPSA) is 62.0 Å². The number of halogens is 2. The summed E-state index contributed by atoms with van der Waals surface area (Å²) >= 11 is 12.3. The van der Waals surface area contributed by atoms with Gasteiger partial charge in [0.2, 0.25) is 0 Å². The van der Waals surface area contributed by atoms with Crippen molar-refractivity contribution in [2.75, 3.05) is 25.5 Å². The normalized spacial score (nSPS) is 11.3. The Morgan fingerprint density at radius 3 is 2.76 bits per heavy atom. The minimum atomic E-state index is 0.633. The number of anilines is 1. The molecule has 7 heteroatoms. The molecule has 0 fully saturated rings. The molecule has 2 aromatic carbocycles. The number of hydrogen-bond acceptors (Lipinski definition) is 4. The van der Waals surface area contributed by atoms with Crippen molar-refractivity contribution in [2.45, 2.75) is 13.0 Å². The first-order valence-corrected chi connectivity index (χ1v) is 10.2. The molecule has 5 nitrogen and oxygen atoms in total. The van der Waals surface area contributed by atoms with E-state index in [1.54, 1.807) is 13.2 Å². The Morgan fingerprint density at radius 2 is 1.90 bits per heavy atom. The van der Waals surface area contributed by atoms with Gasteiger partial charge in [-0.3, -0.25) is 0 Å². The summed E-state index contributed by atoms with van der Waals surface area (Å²) in [6.07, 6.45) is 0.962. The van der Waals surface area contributed by atoms with Crippen LogP contribution >= 0.6 is 23.2 Å². The molecule has 0 spiro atoms. The van der Waals surface area contributed by atoms with E-state index >= 15 is 0 Å². The van der Waals surface area contributed by atoms with Gasteiger partial charge in [0.25, 0.3) is 0 Å². The largest absolute Gasteiger partial charge is 0.496 e. The van der Waals surface area contributed by atoms with Gasteiger partial charge in [0.05, 0.1) is 17.6 Å². The number of H-pyrrole nitrogens is 1. The second kappa shape index (κ2) is 8.91. The Morgan fingerprint density at radius 1 is 1.03 bits per heavy atom. The highest BCUT2D eigenvalue weighted by Gasteiger charge is 2.07. The molecule has 2 aromatic heterocycles. The van der Waals surface area contributed by atoms with Crippen LogP contribution in [0.15, 0.2) is 48.5 Å². The van der Waals surface area contributed by atoms with E-state index in [0.29, 0.717) is 10.0 Å². The van der Waals surface area contributed by atoms with Gasteiger partial charge in [-0.1, -0.05) is 35.3 Å². The number of nitrogens with zero attached hydrogens (tertiary/aromatic N) is 1. The van der Waals surface area contributed by atoms with Crippen molar-refractivity contribution >= 4 is 50.8 Å². The fraction of sp³-hybridized carbons (Fsp3) is 0.227. The molecule has 3 N–H and O–H groups in total. The number of pyridine rings is 1. The SMILES string of the molecule is COc1cc(NCCCNCc2cc3c(Cl)cc(Cl)cc3[nH]2)nc2ccccc12. The average Bonchev–Trinajstić information content (AvgIpc) is 3.13. The molecule has 4 rings (SSSR count). The second-order valence-electron chi connectivity index (χ2n) is 6.83. The van der Waals surface area contributed by atoms with Crippen LogP contribution in [-0.4, -0.2) is 30.2 Å². The van der Waals surface area contributed by atoms with Gasteiger partial charge in [-0.2, -0.15) is 0 Å². The standard InChI is InChI=1S/C22H22Cl2N4O/c1-29-21-12-22(28-19-6-3-2-5-16(19)21)26-8-4-7-25-13-15-11-17-18(24)9-14(23)10-20(17)27-15/h2-3,5-6,9-12,25,27H,4,7-8,13H2,1H3,(H,26,28). The Labute approximate surface area is 179 Å². The monoisotopic (exact) mass is 428 g/mol. The molecule has 0 atom stereocenters. The first-order chi connectivity index (χ1) is 14.1. The van der Waals surface area contributed by atoms with Crippen LogP contribution < -0.4 is 15.4 Å². The third-order valence-corrected chi connectivity index (χ3v) is 5.29. The molecular formula is C22H22Cl2N4O. The van der Waals surface area contributed by atoms with Gasteiger partial charge in [0.1, 0.15) is 11.6 Å². The number of rotatable bonds is 8. The number of ether oxygens (including phenoxy) is 1. The minimum Gasteiger partial charge on any atom is -0.496 e. The van der Waals surface area contributed by atoms with E-state index in [9.17, 15) is 0 Å². The fourth-order valence-electron chi connectivity index (χ4n) is 3.37. The highest BCUT2D eigenvalue weighted by molar-refractivity contribution is 6.38. The lowest BCUT2D eigenvalue weighted by atomic mass is 10.2. The molecular weight excluding hydrogens is 407 g/mol. The van der Waals surface area contributed by atoms with E-state index in [0.717, 1.165) is 65.1 Å². The zero-order chi connectivity index (χ0) is 20.2. The van der Waals surface area contributed by atoms with Crippen molar-refractivity contribution in [3.63, 3.8) is 0 Å². The molecule has 2 heterocycles. The number of methoxy groups -OCH3 is 1. The van der Waals surface area contributed by atoms with E-state index in [1.165, 1.54) is 0 Å². The first kappa shape index (κ1) is 19.8. The van der Waals surface area contributed by atoms with Crippen molar-refractivity contribution < 1.29 is 4.74 Å². The summed E-state index contributed by atoms with van der Waals surface area (Å²) in [4.78, 5) is 8.00. The quantitative estimate of drug-likeness (QED) is 0.318. The minimum absolute atomic E-state index is 0.633. The molecule has 0 radical (unpaired) electrons. The van der Waals surface area contributed by atoms with Crippen LogP contribution in [0.25, 0.3) is 21.8 Å². The smallest absolute Gasteiger partial charge is 0.131 e. The van der Waals surface area contributed by atoms with Crippen molar-refractivity contribution in [3.8, 4) is 5.75 Å². The number of para-hydroxylation sites is 1. The Balaban J connectivity index is 1.27. The third kappa shape index (κ3) is 4.58. The molecule has 0 aliphatic carbocycles. The maximum Gasteiger partial charge on any atom is 0.131 e. The summed E-state index contributed by atoms with van der Waals surface area (Å²) in [6.45, 7) is 2.43. The van der Waals surface area contributed by atoms with Crippen LogP contribution in [-0.2, 0) is 6.54 Å². The Bertz CT molecular complexity index is 1140.